The first-order valence-electron chi connectivity index (χ1n) is 5.53. The number of aromatic nitrogens is 2. The number of benzene rings is 2. The van der Waals surface area contributed by atoms with Crippen LogP contribution in [0.3, 0.4) is 0 Å². The number of hydrogen-bond donors (Lipinski definition) is 1. The Kier molecular flexibility index (Phi) is 3.18. The lowest BCUT2D eigenvalue weighted by atomic mass is 10.2. The third-order valence-electron chi connectivity index (χ3n) is 2.90. The van der Waals surface area contributed by atoms with E-state index in [9.17, 15) is 13.2 Å². The SMILES string of the molecule is Fc1cc(F)c(-n2c(=S)[nH]c3c(F)cccc32)cc1Br. The second kappa shape index (κ2) is 4.75. The van der Waals surface area contributed by atoms with Gasteiger partial charge in [-0.05, 0) is 46.3 Å². The lowest BCUT2D eigenvalue weighted by Gasteiger charge is -2.07. The van der Waals surface area contributed by atoms with Gasteiger partial charge >= 0.3 is 0 Å². The number of fused-ring (bicyclic) bond motifs is 1. The van der Waals surface area contributed by atoms with Gasteiger partial charge in [0.2, 0.25) is 0 Å². The van der Waals surface area contributed by atoms with Gasteiger partial charge in [0.15, 0.2) is 4.77 Å². The fourth-order valence-corrected chi connectivity index (χ4v) is 2.65. The lowest BCUT2D eigenvalue weighted by Crippen LogP contribution is -1.99. The van der Waals surface area contributed by atoms with Crippen LogP contribution >= 0.6 is 28.1 Å². The molecule has 102 valence electrons. The summed E-state index contributed by atoms with van der Waals surface area (Å²) in [5, 5.41) is 0. The zero-order chi connectivity index (χ0) is 14.4. The Hall–Kier alpha value is -1.60. The average molecular weight is 359 g/mol. The van der Waals surface area contributed by atoms with E-state index in [1.54, 1.807) is 6.07 Å². The van der Waals surface area contributed by atoms with E-state index in [0.717, 1.165) is 6.07 Å². The quantitative estimate of drug-likeness (QED) is 0.486. The smallest absolute Gasteiger partial charge is 0.182 e. The van der Waals surface area contributed by atoms with Gasteiger partial charge in [0.05, 0.1) is 15.7 Å². The molecule has 0 aliphatic heterocycles. The van der Waals surface area contributed by atoms with Crippen molar-refractivity contribution in [3.8, 4) is 5.69 Å². The molecule has 2 nitrogen and oxygen atoms in total. The number of para-hydroxylation sites is 1. The van der Waals surface area contributed by atoms with Crippen LogP contribution in [0.2, 0.25) is 0 Å². The van der Waals surface area contributed by atoms with Gasteiger partial charge < -0.3 is 4.98 Å². The predicted octanol–water partition coefficient (Wildman–Crippen LogP) is 4.87. The number of halogens is 4. The molecule has 0 amide bonds. The summed E-state index contributed by atoms with van der Waals surface area (Å²) in [4.78, 5) is 2.68. The van der Waals surface area contributed by atoms with Gasteiger partial charge in [-0.1, -0.05) is 6.07 Å². The molecule has 3 aromatic rings. The standard InChI is InChI=1S/C13H6BrF3N2S/c14-6-4-11(9(17)5-8(6)16)19-10-3-1-2-7(15)12(10)18-13(19)20/h1-5H,(H,18,20). The molecule has 2 aromatic carbocycles. The largest absolute Gasteiger partial charge is 0.328 e. The van der Waals surface area contributed by atoms with E-state index in [0.29, 0.717) is 5.52 Å². The van der Waals surface area contributed by atoms with Crippen molar-refractivity contribution in [2.45, 2.75) is 0 Å². The summed E-state index contributed by atoms with van der Waals surface area (Å²) in [5.41, 5.74) is 0.602. The number of rotatable bonds is 1. The molecule has 3 rings (SSSR count). The van der Waals surface area contributed by atoms with Crippen molar-refractivity contribution in [1.29, 1.82) is 0 Å². The topological polar surface area (TPSA) is 20.7 Å². The summed E-state index contributed by atoms with van der Waals surface area (Å²) >= 11 is 8.09. The maximum atomic E-state index is 14.0. The normalized spacial score (nSPS) is 11.2. The lowest BCUT2D eigenvalue weighted by molar-refractivity contribution is 0.574. The molecule has 0 saturated carbocycles. The minimum atomic E-state index is -0.785. The van der Waals surface area contributed by atoms with Crippen LogP contribution in [0.15, 0.2) is 34.8 Å². The van der Waals surface area contributed by atoms with Crippen molar-refractivity contribution >= 4 is 39.2 Å². The van der Waals surface area contributed by atoms with Crippen LogP contribution in [0.5, 0.6) is 0 Å². The van der Waals surface area contributed by atoms with Crippen molar-refractivity contribution < 1.29 is 13.2 Å². The Bertz CT molecular complexity index is 885. The molecule has 0 saturated heterocycles. The summed E-state index contributed by atoms with van der Waals surface area (Å²) in [6.45, 7) is 0. The van der Waals surface area contributed by atoms with Crippen molar-refractivity contribution in [2.24, 2.45) is 0 Å². The number of aromatic amines is 1. The van der Waals surface area contributed by atoms with Crippen LogP contribution in [0.1, 0.15) is 0 Å². The van der Waals surface area contributed by atoms with E-state index < -0.39 is 17.5 Å². The predicted molar refractivity (Wildman–Crippen MR) is 76.0 cm³/mol. The third-order valence-corrected chi connectivity index (χ3v) is 3.79. The molecule has 0 unspecified atom stereocenters. The third kappa shape index (κ3) is 1.97. The van der Waals surface area contributed by atoms with Gasteiger partial charge in [0.1, 0.15) is 23.0 Å². The number of nitrogens with one attached hydrogen (secondary N) is 1. The number of hydrogen-bond acceptors (Lipinski definition) is 1. The molecule has 0 aliphatic carbocycles. The molecule has 1 aromatic heterocycles. The summed E-state index contributed by atoms with van der Waals surface area (Å²) in [6.07, 6.45) is 0. The first-order chi connectivity index (χ1) is 9.49. The first-order valence-corrected chi connectivity index (χ1v) is 6.73. The molecule has 1 N–H and O–H groups in total. The average Bonchev–Trinajstić information content (AvgIpc) is 2.72. The first kappa shape index (κ1) is 13.4. The molecule has 20 heavy (non-hydrogen) atoms. The Morgan fingerprint density at radius 1 is 1.05 bits per heavy atom. The van der Waals surface area contributed by atoms with Crippen molar-refractivity contribution in [1.82, 2.24) is 9.55 Å². The zero-order valence-corrected chi connectivity index (χ0v) is 12.2. The molecule has 0 fully saturated rings. The van der Waals surface area contributed by atoms with Gasteiger partial charge in [-0.3, -0.25) is 4.57 Å². The highest BCUT2D eigenvalue weighted by Crippen LogP contribution is 2.27. The zero-order valence-electron chi connectivity index (χ0n) is 9.75. The van der Waals surface area contributed by atoms with E-state index in [2.05, 4.69) is 20.9 Å². The second-order valence-corrected chi connectivity index (χ2v) is 5.36. The van der Waals surface area contributed by atoms with Crippen LogP contribution in [0.25, 0.3) is 16.7 Å². The highest BCUT2D eigenvalue weighted by atomic mass is 79.9. The van der Waals surface area contributed by atoms with Crippen LogP contribution < -0.4 is 0 Å². The molecule has 0 bridgehead atoms. The van der Waals surface area contributed by atoms with E-state index in [-0.39, 0.29) is 20.4 Å². The number of imidazole rings is 1. The summed E-state index contributed by atoms with van der Waals surface area (Å²) in [7, 11) is 0. The van der Waals surface area contributed by atoms with Crippen LogP contribution in [-0.4, -0.2) is 9.55 Å². The van der Waals surface area contributed by atoms with Crippen molar-refractivity contribution in [3.05, 3.63) is 57.0 Å². The molecule has 0 atom stereocenters. The molecule has 0 radical (unpaired) electrons. The maximum Gasteiger partial charge on any atom is 0.182 e. The van der Waals surface area contributed by atoms with Crippen LogP contribution in [-0.2, 0) is 0 Å². The Morgan fingerprint density at radius 2 is 1.80 bits per heavy atom. The van der Waals surface area contributed by atoms with E-state index in [4.69, 9.17) is 12.2 Å². The molecular weight excluding hydrogens is 353 g/mol. The minimum absolute atomic E-state index is 0.0418. The molecule has 7 heteroatoms. The van der Waals surface area contributed by atoms with Gasteiger partial charge in [-0.15, -0.1) is 0 Å². The number of nitrogens with zero attached hydrogens (tertiary/aromatic N) is 1. The van der Waals surface area contributed by atoms with Gasteiger partial charge in [-0.25, -0.2) is 13.2 Å². The maximum absolute atomic E-state index is 14.0. The Morgan fingerprint density at radius 3 is 2.55 bits per heavy atom. The van der Waals surface area contributed by atoms with E-state index in [1.807, 2.05) is 0 Å². The fourth-order valence-electron chi connectivity index (χ4n) is 2.02. The monoisotopic (exact) mass is 358 g/mol. The van der Waals surface area contributed by atoms with E-state index in [1.165, 1.54) is 22.8 Å². The Labute approximate surface area is 125 Å². The molecule has 0 aliphatic rings. The van der Waals surface area contributed by atoms with Crippen molar-refractivity contribution in [2.75, 3.05) is 0 Å². The van der Waals surface area contributed by atoms with Gasteiger partial charge in [-0.2, -0.15) is 0 Å². The second-order valence-electron chi connectivity index (χ2n) is 4.12. The van der Waals surface area contributed by atoms with Gasteiger partial charge in [0, 0.05) is 6.07 Å². The van der Waals surface area contributed by atoms with E-state index >= 15 is 0 Å². The summed E-state index contributed by atoms with van der Waals surface area (Å²) in [5.74, 6) is -2.00. The fraction of sp³-hybridized carbons (Fsp3) is 0. The van der Waals surface area contributed by atoms with Gasteiger partial charge in [0.25, 0.3) is 0 Å². The molecule has 0 spiro atoms. The summed E-state index contributed by atoms with van der Waals surface area (Å²) < 4.78 is 42.5. The molecule has 1 heterocycles. The highest BCUT2D eigenvalue weighted by molar-refractivity contribution is 9.10. The molecular formula is C13H6BrF3N2S. The van der Waals surface area contributed by atoms with Crippen LogP contribution in [0.4, 0.5) is 13.2 Å². The van der Waals surface area contributed by atoms with Crippen molar-refractivity contribution in [3.63, 3.8) is 0 Å². The number of H-pyrrole nitrogens is 1. The van der Waals surface area contributed by atoms with Crippen LogP contribution in [0, 0.1) is 22.2 Å². The summed E-state index contributed by atoms with van der Waals surface area (Å²) in [6, 6.07) is 6.38. The Balaban J connectivity index is 2.41. The minimum Gasteiger partial charge on any atom is -0.328 e. The highest BCUT2D eigenvalue weighted by Gasteiger charge is 2.15.